The summed E-state index contributed by atoms with van der Waals surface area (Å²) in [6, 6.07) is 0. The van der Waals surface area contributed by atoms with Gasteiger partial charge in [-0.2, -0.15) is 0 Å². The van der Waals surface area contributed by atoms with E-state index in [4.69, 9.17) is 10.8 Å². The SMILES string of the molecule is CC(=N)N=CC=N. The van der Waals surface area contributed by atoms with Crippen LogP contribution in [0.3, 0.4) is 0 Å². The summed E-state index contributed by atoms with van der Waals surface area (Å²) < 4.78 is 0. The van der Waals surface area contributed by atoms with Crippen molar-refractivity contribution in [3.05, 3.63) is 0 Å². The first-order valence-electron chi connectivity index (χ1n) is 1.85. The Labute approximate surface area is 42.1 Å². The standard InChI is InChI=1S/C4H7N3/c1-4(6)7-3-2-5/h2-3,5-6H,1H3. The third-order valence-corrected chi connectivity index (χ3v) is 0.343. The predicted molar refractivity (Wildman–Crippen MR) is 30.7 cm³/mol. The molecule has 0 radical (unpaired) electrons. The molecule has 0 saturated carbocycles. The van der Waals surface area contributed by atoms with Crippen molar-refractivity contribution in [2.45, 2.75) is 6.92 Å². The number of hydrogen-bond donors (Lipinski definition) is 2. The summed E-state index contributed by atoms with van der Waals surface area (Å²) in [5.74, 6) is 0.225. The van der Waals surface area contributed by atoms with Gasteiger partial charge in [0.2, 0.25) is 0 Å². The van der Waals surface area contributed by atoms with E-state index in [0.29, 0.717) is 0 Å². The molecule has 0 aliphatic rings. The lowest BCUT2D eigenvalue weighted by Crippen LogP contribution is -1.81. The molecule has 3 heteroatoms. The van der Waals surface area contributed by atoms with Crippen LogP contribution >= 0.6 is 0 Å². The fourth-order valence-electron chi connectivity index (χ4n) is 0.149. The zero-order valence-electron chi connectivity index (χ0n) is 4.10. The molecule has 0 rings (SSSR count). The second kappa shape index (κ2) is 3.21. The summed E-state index contributed by atoms with van der Waals surface area (Å²) in [5.41, 5.74) is 0. The minimum atomic E-state index is 0.225. The fraction of sp³-hybridized carbons (Fsp3) is 0.250. The molecule has 7 heavy (non-hydrogen) atoms. The van der Waals surface area contributed by atoms with Gasteiger partial charge in [0.05, 0.1) is 0 Å². The van der Waals surface area contributed by atoms with Crippen molar-refractivity contribution in [3.8, 4) is 0 Å². The van der Waals surface area contributed by atoms with Gasteiger partial charge >= 0.3 is 0 Å². The maximum Gasteiger partial charge on any atom is 0.117 e. The summed E-state index contributed by atoms with van der Waals surface area (Å²) in [4.78, 5) is 3.46. The van der Waals surface area contributed by atoms with Crippen molar-refractivity contribution in [2.75, 3.05) is 0 Å². The zero-order valence-corrected chi connectivity index (χ0v) is 4.10. The quantitative estimate of drug-likeness (QED) is 0.357. The Bertz CT molecular complexity index is 104. The maximum atomic E-state index is 6.70. The van der Waals surface area contributed by atoms with E-state index in [0.717, 1.165) is 6.21 Å². The van der Waals surface area contributed by atoms with Crippen LogP contribution in [0.5, 0.6) is 0 Å². The highest BCUT2D eigenvalue weighted by atomic mass is 14.8. The number of amidine groups is 1. The number of hydrogen-bond acceptors (Lipinski definition) is 2. The second-order valence-electron chi connectivity index (χ2n) is 1.03. The van der Waals surface area contributed by atoms with Crippen LogP contribution < -0.4 is 0 Å². The van der Waals surface area contributed by atoms with Crippen LogP contribution in [0.4, 0.5) is 0 Å². The van der Waals surface area contributed by atoms with Crippen molar-refractivity contribution >= 4 is 18.3 Å². The molecular weight excluding hydrogens is 90.1 g/mol. The molecule has 0 amide bonds. The molecule has 0 aromatic rings. The van der Waals surface area contributed by atoms with Crippen LogP contribution in [0, 0.1) is 10.8 Å². The van der Waals surface area contributed by atoms with E-state index in [9.17, 15) is 0 Å². The molecule has 38 valence electrons. The first-order chi connectivity index (χ1) is 3.27. The van der Waals surface area contributed by atoms with Crippen molar-refractivity contribution < 1.29 is 0 Å². The molecule has 0 aliphatic heterocycles. The molecule has 0 unspecified atom stereocenters. The Morgan fingerprint density at radius 2 is 2.29 bits per heavy atom. The zero-order chi connectivity index (χ0) is 5.70. The highest BCUT2D eigenvalue weighted by Gasteiger charge is 1.69. The summed E-state index contributed by atoms with van der Waals surface area (Å²) in [6.45, 7) is 1.56. The molecular formula is C4H7N3. The number of nitrogens with zero attached hydrogens (tertiary/aromatic N) is 1. The summed E-state index contributed by atoms with van der Waals surface area (Å²) in [6.07, 6.45) is 2.31. The Morgan fingerprint density at radius 3 is 2.43 bits per heavy atom. The van der Waals surface area contributed by atoms with Crippen LogP contribution in [0.25, 0.3) is 0 Å². The molecule has 2 N–H and O–H groups in total. The molecule has 0 aliphatic carbocycles. The van der Waals surface area contributed by atoms with Crippen molar-refractivity contribution in [1.29, 1.82) is 10.8 Å². The number of rotatable bonds is 1. The Hall–Kier alpha value is -0.990. The monoisotopic (exact) mass is 97.1 g/mol. The average molecular weight is 97.1 g/mol. The van der Waals surface area contributed by atoms with E-state index >= 15 is 0 Å². The van der Waals surface area contributed by atoms with Crippen LogP contribution in [0.15, 0.2) is 4.99 Å². The van der Waals surface area contributed by atoms with E-state index in [1.807, 2.05) is 0 Å². The molecule has 0 aromatic carbocycles. The lowest BCUT2D eigenvalue weighted by atomic mass is 10.7. The van der Waals surface area contributed by atoms with Gasteiger partial charge in [0.25, 0.3) is 0 Å². The van der Waals surface area contributed by atoms with E-state index in [1.165, 1.54) is 6.21 Å². The first-order valence-corrected chi connectivity index (χ1v) is 1.85. The molecule has 0 heterocycles. The largest absolute Gasteiger partial charge is 0.307 e. The van der Waals surface area contributed by atoms with Crippen molar-refractivity contribution in [2.24, 2.45) is 4.99 Å². The third-order valence-electron chi connectivity index (χ3n) is 0.343. The van der Waals surface area contributed by atoms with Crippen LogP contribution in [0.2, 0.25) is 0 Å². The van der Waals surface area contributed by atoms with Gasteiger partial charge in [-0.25, -0.2) is 4.99 Å². The maximum absolute atomic E-state index is 6.70. The number of nitrogens with one attached hydrogen (secondary N) is 2. The highest BCUT2D eigenvalue weighted by molar-refractivity contribution is 6.17. The van der Waals surface area contributed by atoms with Crippen LogP contribution in [0.1, 0.15) is 6.92 Å². The molecule has 0 bridgehead atoms. The van der Waals surface area contributed by atoms with Gasteiger partial charge < -0.3 is 5.41 Å². The molecule has 0 aromatic heterocycles. The molecule has 0 saturated heterocycles. The lowest BCUT2D eigenvalue weighted by molar-refractivity contribution is 1.42. The van der Waals surface area contributed by atoms with E-state index in [-0.39, 0.29) is 5.84 Å². The third kappa shape index (κ3) is 5.01. The smallest absolute Gasteiger partial charge is 0.117 e. The molecule has 0 atom stereocenters. The van der Waals surface area contributed by atoms with Crippen molar-refractivity contribution in [1.82, 2.24) is 0 Å². The Morgan fingerprint density at radius 1 is 1.71 bits per heavy atom. The van der Waals surface area contributed by atoms with Gasteiger partial charge in [0.15, 0.2) is 0 Å². The molecule has 0 fully saturated rings. The van der Waals surface area contributed by atoms with Crippen LogP contribution in [-0.2, 0) is 0 Å². The summed E-state index contributed by atoms with van der Waals surface area (Å²) in [7, 11) is 0. The minimum Gasteiger partial charge on any atom is -0.307 e. The Kier molecular flexibility index (Phi) is 2.76. The van der Waals surface area contributed by atoms with E-state index < -0.39 is 0 Å². The minimum absolute atomic E-state index is 0.225. The first kappa shape index (κ1) is 6.01. The second-order valence-corrected chi connectivity index (χ2v) is 1.03. The summed E-state index contributed by atoms with van der Waals surface area (Å²) >= 11 is 0. The summed E-state index contributed by atoms with van der Waals surface area (Å²) in [5, 5.41) is 13.1. The Balaban J connectivity index is 3.46. The number of aliphatic imine (C=N–C) groups is 1. The molecule has 0 spiro atoms. The van der Waals surface area contributed by atoms with Gasteiger partial charge in [-0.1, -0.05) is 0 Å². The van der Waals surface area contributed by atoms with Gasteiger partial charge in [-0.15, -0.1) is 0 Å². The van der Waals surface area contributed by atoms with Gasteiger partial charge in [-0.05, 0) is 6.92 Å². The van der Waals surface area contributed by atoms with Gasteiger partial charge in [0, 0.05) is 12.4 Å². The fourth-order valence-corrected chi connectivity index (χ4v) is 0.149. The van der Waals surface area contributed by atoms with Gasteiger partial charge in [-0.3, -0.25) is 5.41 Å². The van der Waals surface area contributed by atoms with Gasteiger partial charge in [0.1, 0.15) is 5.84 Å². The average Bonchev–Trinajstić information content (AvgIpc) is 1.61. The topological polar surface area (TPSA) is 60.1 Å². The predicted octanol–water partition coefficient (Wildman–Crippen LogP) is 0.704. The van der Waals surface area contributed by atoms with E-state index in [2.05, 4.69) is 4.99 Å². The highest BCUT2D eigenvalue weighted by Crippen LogP contribution is 1.64. The van der Waals surface area contributed by atoms with E-state index in [1.54, 1.807) is 6.92 Å². The normalized spacial score (nSPS) is 9.29. The van der Waals surface area contributed by atoms with Crippen LogP contribution in [-0.4, -0.2) is 18.3 Å². The molecule has 3 nitrogen and oxygen atoms in total. The van der Waals surface area contributed by atoms with Crippen molar-refractivity contribution in [3.63, 3.8) is 0 Å². The lowest BCUT2D eigenvalue weighted by Gasteiger charge is -1.75.